The van der Waals surface area contributed by atoms with Gasteiger partial charge in [-0.1, -0.05) is 31.4 Å². The van der Waals surface area contributed by atoms with Crippen LogP contribution in [0.5, 0.6) is 0 Å². The van der Waals surface area contributed by atoms with Crippen molar-refractivity contribution in [2.45, 2.75) is 61.9 Å². The molecule has 1 saturated carbocycles. The minimum absolute atomic E-state index is 0.0114. The second-order valence-electron chi connectivity index (χ2n) is 9.45. The van der Waals surface area contributed by atoms with Crippen LogP contribution < -0.4 is 15.5 Å². The molecule has 2 amide bonds. The van der Waals surface area contributed by atoms with E-state index < -0.39 is 27.3 Å². The number of nitrogens with one attached hydrogen (secondary N) is 2. The Labute approximate surface area is 205 Å². The number of para-hydroxylation sites is 1. The Kier molecular flexibility index (Phi) is 7.02. The van der Waals surface area contributed by atoms with Gasteiger partial charge in [-0.25, -0.2) is 8.42 Å². The number of furan rings is 1. The molecule has 10 heteroatoms. The molecule has 4 rings (SSSR count). The number of benzene rings is 1. The number of ketones is 1. The molecule has 2 aliphatic rings. The second-order valence-corrected chi connectivity index (χ2v) is 11.4. The lowest BCUT2D eigenvalue weighted by Crippen LogP contribution is -2.63. The number of amides is 2. The van der Waals surface area contributed by atoms with Crippen LogP contribution in [0.4, 0.5) is 5.69 Å². The number of anilines is 1. The van der Waals surface area contributed by atoms with Gasteiger partial charge in [0, 0.05) is 12.8 Å². The molecule has 0 bridgehead atoms. The molecule has 1 aliphatic heterocycles. The summed E-state index contributed by atoms with van der Waals surface area (Å²) in [5.41, 5.74) is -0.617. The first-order valence-corrected chi connectivity index (χ1v) is 13.7. The normalized spacial score (nSPS) is 20.3. The predicted molar refractivity (Wildman–Crippen MR) is 130 cm³/mol. The number of Topliss-reactive ketones (excluding diaryl/α,β-unsaturated/α-hetero) is 1. The van der Waals surface area contributed by atoms with E-state index >= 15 is 0 Å². The van der Waals surface area contributed by atoms with E-state index in [1.54, 1.807) is 42.2 Å². The maximum absolute atomic E-state index is 13.4. The van der Waals surface area contributed by atoms with Gasteiger partial charge in [0.1, 0.15) is 11.3 Å². The highest BCUT2D eigenvalue weighted by Crippen LogP contribution is 2.30. The molecule has 2 heterocycles. The molecular weight excluding hydrogens is 470 g/mol. The van der Waals surface area contributed by atoms with Crippen LogP contribution in [0.15, 0.2) is 45.7 Å². The van der Waals surface area contributed by atoms with Gasteiger partial charge < -0.3 is 20.0 Å². The summed E-state index contributed by atoms with van der Waals surface area (Å²) in [4.78, 5) is 41.1. The van der Waals surface area contributed by atoms with Crippen LogP contribution in [0.2, 0.25) is 0 Å². The lowest BCUT2D eigenvalue weighted by molar-refractivity contribution is -0.133. The van der Waals surface area contributed by atoms with E-state index in [9.17, 15) is 22.8 Å². The highest BCUT2D eigenvalue weighted by atomic mass is 32.2. The van der Waals surface area contributed by atoms with E-state index in [2.05, 4.69) is 10.6 Å². The van der Waals surface area contributed by atoms with Crippen LogP contribution in [-0.2, 0) is 19.4 Å². The Morgan fingerprint density at radius 1 is 1.09 bits per heavy atom. The largest absolute Gasteiger partial charge is 0.456 e. The molecule has 1 saturated heterocycles. The number of piperidine rings is 1. The van der Waals surface area contributed by atoms with E-state index in [4.69, 9.17) is 4.42 Å². The van der Waals surface area contributed by atoms with E-state index in [-0.39, 0.29) is 28.9 Å². The third-order valence-electron chi connectivity index (χ3n) is 6.79. The Hall–Kier alpha value is -3.14. The minimum Gasteiger partial charge on any atom is -0.456 e. The highest BCUT2D eigenvalue weighted by Gasteiger charge is 2.43. The van der Waals surface area contributed by atoms with Gasteiger partial charge in [0.15, 0.2) is 21.4 Å². The van der Waals surface area contributed by atoms with Gasteiger partial charge in [-0.05, 0) is 50.5 Å². The average molecular weight is 502 g/mol. The first-order chi connectivity index (χ1) is 16.6. The van der Waals surface area contributed by atoms with E-state index in [1.807, 2.05) is 0 Å². The van der Waals surface area contributed by atoms with Gasteiger partial charge in [0.05, 0.1) is 23.2 Å². The van der Waals surface area contributed by atoms with Crippen molar-refractivity contribution in [3.8, 4) is 0 Å². The van der Waals surface area contributed by atoms with Crippen molar-refractivity contribution in [2.75, 3.05) is 24.2 Å². The maximum Gasteiger partial charge on any atom is 0.287 e. The maximum atomic E-state index is 13.4. The van der Waals surface area contributed by atoms with Crippen LogP contribution in [-0.4, -0.2) is 56.9 Å². The zero-order valence-corrected chi connectivity index (χ0v) is 20.8. The van der Waals surface area contributed by atoms with Crippen molar-refractivity contribution in [1.29, 1.82) is 0 Å². The Morgan fingerprint density at radius 3 is 2.43 bits per heavy atom. The first kappa shape index (κ1) is 25.0. The molecule has 1 atom stereocenters. The van der Waals surface area contributed by atoms with Gasteiger partial charge in [0.2, 0.25) is 5.91 Å². The Bertz CT molecular complexity index is 1230. The van der Waals surface area contributed by atoms with E-state index in [1.165, 1.54) is 6.07 Å². The number of carbonyl (C=O) groups excluding carboxylic acids is 3. The number of aryl methyl sites for hydroxylation is 1. The van der Waals surface area contributed by atoms with Gasteiger partial charge in [-0.2, -0.15) is 0 Å². The summed E-state index contributed by atoms with van der Waals surface area (Å²) in [5.74, 6) is -0.265. The SMILES string of the molecule is Cc1ccc(C(=O)NC2(C(=O)NC3CCN(c4ccccc4S(C)(=O)=O)CC3=O)CCCCC2)o1. The number of hydrogen-bond acceptors (Lipinski definition) is 7. The molecule has 2 N–H and O–H groups in total. The summed E-state index contributed by atoms with van der Waals surface area (Å²) in [7, 11) is -3.46. The lowest BCUT2D eigenvalue weighted by Gasteiger charge is -2.39. The summed E-state index contributed by atoms with van der Waals surface area (Å²) in [5, 5.41) is 5.77. The molecule has 2 fully saturated rings. The van der Waals surface area contributed by atoms with E-state index in [0.29, 0.717) is 37.3 Å². The minimum atomic E-state index is -3.46. The standard InChI is InChI=1S/C25H31N3O6S/c1-17-10-11-21(34-17)23(30)27-25(13-6-3-7-14-25)24(31)26-18-12-15-28(16-20(18)29)19-8-4-5-9-22(19)35(2,32)33/h4-5,8-11,18H,3,6-7,12-16H2,1-2H3,(H,26,31)(H,27,30). The zero-order chi connectivity index (χ0) is 25.2. The zero-order valence-electron chi connectivity index (χ0n) is 20.0. The van der Waals surface area contributed by atoms with Gasteiger partial charge in [0.25, 0.3) is 5.91 Å². The van der Waals surface area contributed by atoms with Gasteiger partial charge in [-0.3, -0.25) is 14.4 Å². The van der Waals surface area contributed by atoms with Crippen LogP contribution >= 0.6 is 0 Å². The van der Waals surface area contributed by atoms with Crippen molar-refractivity contribution in [3.05, 3.63) is 47.9 Å². The fraction of sp³-hybridized carbons (Fsp3) is 0.480. The van der Waals surface area contributed by atoms with Crippen LogP contribution in [0.1, 0.15) is 54.8 Å². The van der Waals surface area contributed by atoms with Crippen molar-refractivity contribution in [2.24, 2.45) is 0 Å². The topological polar surface area (TPSA) is 126 Å². The molecular formula is C25H31N3O6S. The number of nitrogens with zero attached hydrogens (tertiary/aromatic N) is 1. The summed E-state index contributed by atoms with van der Waals surface area (Å²) < 4.78 is 29.8. The van der Waals surface area contributed by atoms with Crippen molar-refractivity contribution in [3.63, 3.8) is 0 Å². The molecule has 1 aromatic carbocycles. The molecule has 0 spiro atoms. The van der Waals surface area contributed by atoms with Crippen LogP contribution in [0.3, 0.4) is 0 Å². The summed E-state index contributed by atoms with van der Waals surface area (Å²) >= 11 is 0. The predicted octanol–water partition coefficient (Wildman–Crippen LogP) is 2.39. The first-order valence-electron chi connectivity index (χ1n) is 11.9. The number of sulfone groups is 1. The molecule has 2 aromatic rings. The third-order valence-corrected chi connectivity index (χ3v) is 7.94. The number of carbonyl (C=O) groups is 3. The number of hydrogen-bond donors (Lipinski definition) is 2. The second kappa shape index (κ2) is 9.85. The molecule has 35 heavy (non-hydrogen) atoms. The van der Waals surface area contributed by atoms with Crippen molar-refractivity contribution >= 4 is 33.1 Å². The Balaban J connectivity index is 1.46. The smallest absolute Gasteiger partial charge is 0.287 e. The summed E-state index contributed by atoms with van der Waals surface area (Å²) in [6.07, 6.45) is 5.01. The average Bonchev–Trinajstić information content (AvgIpc) is 3.27. The molecule has 1 aliphatic carbocycles. The van der Waals surface area contributed by atoms with Crippen molar-refractivity contribution in [1.82, 2.24) is 10.6 Å². The summed E-state index contributed by atoms with van der Waals surface area (Å²) in [6.45, 7) is 2.14. The van der Waals surface area contributed by atoms with E-state index in [0.717, 1.165) is 25.5 Å². The van der Waals surface area contributed by atoms with Crippen LogP contribution in [0, 0.1) is 6.92 Å². The third kappa shape index (κ3) is 5.42. The molecule has 188 valence electrons. The number of rotatable bonds is 6. The Morgan fingerprint density at radius 2 is 1.80 bits per heavy atom. The molecule has 1 unspecified atom stereocenters. The monoisotopic (exact) mass is 501 g/mol. The molecule has 9 nitrogen and oxygen atoms in total. The molecule has 0 radical (unpaired) electrons. The fourth-order valence-electron chi connectivity index (χ4n) is 4.91. The quantitative estimate of drug-likeness (QED) is 0.622. The summed E-state index contributed by atoms with van der Waals surface area (Å²) in [6, 6.07) is 9.16. The highest BCUT2D eigenvalue weighted by molar-refractivity contribution is 7.90. The fourth-order valence-corrected chi connectivity index (χ4v) is 5.81. The van der Waals surface area contributed by atoms with Crippen LogP contribution in [0.25, 0.3) is 0 Å². The lowest BCUT2D eigenvalue weighted by atomic mass is 9.80. The van der Waals surface area contributed by atoms with Gasteiger partial charge >= 0.3 is 0 Å². The van der Waals surface area contributed by atoms with Crippen molar-refractivity contribution < 1.29 is 27.2 Å². The molecule has 1 aromatic heterocycles. The van der Waals surface area contributed by atoms with Gasteiger partial charge in [-0.15, -0.1) is 0 Å².